The van der Waals surface area contributed by atoms with Crippen LogP contribution in [0.5, 0.6) is 0 Å². The summed E-state index contributed by atoms with van der Waals surface area (Å²) in [6.45, 7) is 0.423. The highest BCUT2D eigenvalue weighted by Crippen LogP contribution is 2.61. The molecule has 0 radical (unpaired) electrons. The highest BCUT2D eigenvalue weighted by Gasteiger charge is 2.37. The summed E-state index contributed by atoms with van der Waals surface area (Å²) in [7, 11) is -17.6. The number of nitrogens with one attached hydrogen (secondary N) is 1. The number of ether oxygens (including phenoxy) is 1. The van der Waals surface area contributed by atoms with Gasteiger partial charge >= 0.3 is 5.69 Å². The first kappa shape index (κ1) is 24.3. The number of aromatic amines is 1. The van der Waals surface area contributed by atoms with E-state index in [4.69, 9.17) is 9.63 Å². The van der Waals surface area contributed by atoms with Gasteiger partial charge < -0.3 is 33.9 Å². The summed E-state index contributed by atoms with van der Waals surface area (Å²) in [5.41, 5.74) is -1.33. The van der Waals surface area contributed by atoms with Crippen molar-refractivity contribution >= 4 is 23.5 Å². The van der Waals surface area contributed by atoms with E-state index in [-0.39, 0.29) is 12.0 Å². The van der Waals surface area contributed by atoms with Crippen LogP contribution >= 0.6 is 23.5 Å². The highest BCUT2D eigenvalue weighted by molar-refractivity contribution is 7.65. The quantitative estimate of drug-likeness (QED) is 0.313. The molecule has 1 fully saturated rings. The minimum atomic E-state index is -6.05. The van der Waals surface area contributed by atoms with Crippen LogP contribution in [0.15, 0.2) is 15.8 Å². The van der Waals surface area contributed by atoms with Crippen LogP contribution in [0.3, 0.4) is 0 Å². The summed E-state index contributed by atoms with van der Waals surface area (Å²) in [4.78, 5) is 66.5. The van der Waals surface area contributed by atoms with Gasteiger partial charge in [-0.25, -0.2) is 13.4 Å². The van der Waals surface area contributed by atoms with E-state index in [1.165, 1.54) is 6.92 Å². The van der Waals surface area contributed by atoms with E-state index in [1.807, 2.05) is 4.98 Å². The number of rotatable bonds is 8. The third-order valence-electron chi connectivity index (χ3n) is 3.46. The molecule has 16 nitrogen and oxygen atoms in total. The molecular formula is C10H14N2O14P3-3. The molecule has 2 rings (SSSR count). The monoisotopic (exact) mass is 479 g/mol. The molecule has 6 atom stereocenters. The van der Waals surface area contributed by atoms with Gasteiger partial charge in [-0.2, -0.15) is 0 Å². The standard InChI is InChI=1S/C10H17N2O14P3/c1-5-3-12(10(15)11-9(5)14)8-2-6(13)7(24-8)4-23-28(19,20)26-29(21,22)25-27(16,17)18/h3,6-8,13H,2,4H2,1H3,(H,19,20)(H,21,22)(H,11,14,15)(H2,16,17,18)/p-3/t6?,7-,8-/m1/s1. The molecule has 29 heavy (non-hydrogen) atoms. The lowest BCUT2D eigenvalue weighted by Gasteiger charge is -2.33. The smallest absolute Gasteiger partial charge is 0.330 e. The Bertz CT molecular complexity index is 1010. The molecule has 0 bridgehead atoms. The molecule has 1 aliphatic rings. The minimum absolute atomic E-state index is 0.158. The van der Waals surface area contributed by atoms with Gasteiger partial charge in [0.1, 0.15) is 12.3 Å². The molecule has 166 valence electrons. The molecule has 0 amide bonds. The topological polar surface area (TPSA) is 253 Å². The second-order valence-corrected chi connectivity index (χ2v) is 10.0. The number of aliphatic hydroxyl groups excluding tert-OH is 1. The number of hydrogen-bond acceptors (Lipinski definition) is 13. The van der Waals surface area contributed by atoms with E-state index in [0.29, 0.717) is 0 Å². The lowest BCUT2D eigenvalue weighted by Crippen LogP contribution is -2.33. The predicted molar refractivity (Wildman–Crippen MR) is 83.8 cm³/mol. The Hall–Kier alpha value is -0.990. The van der Waals surface area contributed by atoms with E-state index in [9.17, 15) is 43.1 Å². The van der Waals surface area contributed by atoms with Crippen molar-refractivity contribution in [2.75, 3.05) is 6.61 Å². The molecule has 19 heteroatoms. The fourth-order valence-electron chi connectivity index (χ4n) is 2.29. The molecule has 1 aliphatic heterocycles. The van der Waals surface area contributed by atoms with E-state index in [1.54, 1.807) is 0 Å². The number of phosphoric acid groups is 3. The van der Waals surface area contributed by atoms with Crippen LogP contribution in [0, 0.1) is 6.92 Å². The molecular weight excluding hydrogens is 465 g/mol. The van der Waals surface area contributed by atoms with Gasteiger partial charge in [0.2, 0.25) is 0 Å². The van der Waals surface area contributed by atoms with Crippen molar-refractivity contribution in [3.63, 3.8) is 0 Å². The Labute approximate surface area is 161 Å². The van der Waals surface area contributed by atoms with E-state index in [2.05, 4.69) is 13.1 Å². The van der Waals surface area contributed by atoms with Crippen LogP contribution in [-0.2, 0) is 31.6 Å². The molecule has 0 spiro atoms. The first-order valence-corrected chi connectivity index (χ1v) is 11.9. The van der Waals surface area contributed by atoms with Gasteiger partial charge in [0.25, 0.3) is 29.0 Å². The number of H-pyrrole nitrogens is 1. The molecule has 1 saturated heterocycles. The molecule has 0 saturated carbocycles. The van der Waals surface area contributed by atoms with Gasteiger partial charge in [0.15, 0.2) is 0 Å². The summed E-state index contributed by atoms with van der Waals surface area (Å²) < 4.78 is 50.0. The maximum atomic E-state index is 11.8. The molecule has 4 unspecified atom stereocenters. The number of hydrogen-bond donors (Lipinski definition) is 3. The zero-order chi connectivity index (χ0) is 22.2. The van der Waals surface area contributed by atoms with Crippen molar-refractivity contribution in [1.29, 1.82) is 0 Å². The Kier molecular flexibility index (Phi) is 7.23. The summed E-state index contributed by atoms with van der Waals surface area (Å²) in [6.07, 6.45) is -2.90. The maximum absolute atomic E-state index is 11.8. The average molecular weight is 479 g/mol. The average Bonchev–Trinajstić information content (AvgIpc) is 2.86. The Morgan fingerprint density at radius 1 is 1.24 bits per heavy atom. The number of aliphatic hydroxyl groups is 1. The van der Waals surface area contributed by atoms with Crippen molar-refractivity contribution in [3.05, 3.63) is 32.6 Å². The Morgan fingerprint density at radius 2 is 1.86 bits per heavy atom. The zero-order valence-electron chi connectivity index (χ0n) is 14.3. The van der Waals surface area contributed by atoms with Gasteiger partial charge in [0, 0.05) is 18.2 Å². The Morgan fingerprint density at radius 3 is 2.45 bits per heavy atom. The Balaban J connectivity index is 2.03. The molecule has 3 N–H and O–H groups in total. The predicted octanol–water partition coefficient (Wildman–Crippen LogP) is -3.06. The van der Waals surface area contributed by atoms with Crippen LogP contribution in [-0.4, -0.2) is 38.4 Å². The molecule has 0 aromatic carbocycles. The number of nitrogens with zero attached hydrogens (tertiary/aromatic N) is 1. The molecule has 2 heterocycles. The minimum Gasteiger partial charge on any atom is -0.756 e. The first-order valence-electron chi connectivity index (χ1n) is 7.47. The van der Waals surface area contributed by atoms with Gasteiger partial charge in [0.05, 0.1) is 12.7 Å². The summed E-state index contributed by atoms with van der Waals surface area (Å²) in [6, 6.07) is 0. The highest BCUT2D eigenvalue weighted by atomic mass is 31.3. The fraction of sp³-hybridized carbons (Fsp3) is 0.600. The second kappa shape index (κ2) is 8.63. The van der Waals surface area contributed by atoms with E-state index in [0.717, 1.165) is 10.8 Å². The van der Waals surface area contributed by atoms with Crippen LogP contribution in [0.25, 0.3) is 0 Å². The van der Waals surface area contributed by atoms with Gasteiger partial charge in [-0.05, 0) is 6.92 Å². The number of aryl methyl sites for hydroxylation is 1. The summed E-state index contributed by atoms with van der Waals surface area (Å²) >= 11 is 0. The first-order chi connectivity index (χ1) is 13.1. The molecule has 1 aromatic heterocycles. The second-order valence-electron chi connectivity index (χ2n) is 5.73. The summed E-state index contributed by atoms with van der Waals surface area (Å²) in [5.74, 6) is 0. The largest absolute Gasteiger partial charge is 0.756 e. The SMILES string of the molecule is Cc1cn([C@H]2CC(O)[C@@H](COP(=O)([O-])OP(=O)([O-])OP(=O)([O-])O)O2)c(=O)[nH]c1=O. The lowest BCUT2D eigenvalue weighted by atomic mass is 10.2. The van der Waals surface area contributed by atoms with Gasteiger partial charge in [-0.15, -0.1) is 0 Å². The normalized spacial score (nSPS) is 28.4. The van der Waals surface area contributed by atoms with Gasteiger partial charge in [-0.1, -0.05) is 0 Å². The van der Waals surface area contributed by atoms with Crippen molar-refractivity contribution < 1.29 is 56.3 Å². The van der Waals surface area contributed by atoms with Crippen LogP contribution < -0.4 is 25.9 Å². The zero-order valence-corrected chi connectivity index (χ0v) is 17.0. The summed E-state index contributed by atoms with van der Waals surface area (Å²) in [5, 5.41) is 9.94. The van der Waals surface area contributed by atoms with Crippen LogP contribution in [0.2, 0.25) is 0 Å². The fourth-order valence-corrected chi connectivity index (χ4v) is 5.18. The molecule has 1 aromatic rings. The maximum Gasteiger partial charge on any atom is 0.330 e. The third kappa shape index (κ3) is 7.03. The number of aromatic nitrogens is 2. The van der Waals surface area contributed by atoms with E-state index >= 15 is 0 Å². The van der Waals surface area contributed by atoms with Crippen molar-refractivity contribution in [1.82, 2.24) is 9.55 Å². The van der Waals surface area contributed by atoms with Crippen LogP contribution in [0.1, 0.15) is 18.2 Å². The van der Waals surface area contributed by atoms with Gasteiger partial charge in [-0.3, -0.25) is 28.0 Å². The molecule has 0 aliphatic carbocycles. The van der Waals surface area contributed by atoms with E-state index < -0.39 is 59.8 Å². The number of phosphoric ester groups is 1. The van der Waals surface area contributed by atoms with Crippen molar-refractivity contribution in [2.45, 2.75) is 31.8 Å². The third-order valence-corrected chi connectivity index (χ3v) is 7.15. The van der Waals surface area contributed by atoms with Crippen LogP contribution in [0.4, 0.5) is 0 Å². The van der Waals surface area contributed by atoms with Crippen molar-refractivity contribution in [2.24, 2.45) is 0 Å². The lowest BCUT2D eigenvalue weighted by molar-refractivity contribution is -0.250. The van der Waals surface area contributed by atoms with Crippen molar-refractivity contribution in [3.8, 4) is 0 Å².